The number of ether oxygens (including phenoxy) is 3. The van der Waals surface area contributed by atoms with E-state index in [1.165, 1.54) is 27.2 Å². The standard InChI is InChI=1S/C33H46N2O8/c1-19-15-24-29(35-13-8-9-14-35)26(37)18-25(31(24)39)34-33(40)20(2)11-10-12-27(41-6)32(43-23(5)36)22(4)17-21(3)30(38)28(16-19)42-7/h10-12,17-19,21,27-28,30,32,38H,8-9,13-16H2,1-7H3,(H,34,40)/b12-10-,20-11+,22-17+/t19-,21+,27+,28+,30-,32+/m1/s1. The normalized spacial score (nSPS) is 33.3. The van der Waals surface area contributed by atoms with E-state index in [1.54, 1.807) is 32.1 Å². The van der Waals surface area contributed by atoms with Crippen molar-refractivity contribution in [2.75, 3.05) is 27.3 Å². The van der Waals surface area contributed by atoms with Crippen LogP contribution in [-0.4, -0.2) is 85.2 Å². The molecule has 43 heavy (non-hydrogen) atoms. The largest absolute Gasteiger partial charge is 0.455 e. The number of amides is 1. The third-order valence-corrected chi connectivity index (χ3v) is 8.24. The highest BCUT2D eigenvalue weighted by atomic mass is 16.6. The molecule has 2 N–H and O–H groups in total. The van der Waals surface area contributed by atoms with Gasteiger partial charge in [-0.05, 0) is 51.0 Å². The molecule has 6 atom stereocenters. The van der Waals surface area contributed by atoms with Gasteiger partial charge in [-0.3, -0.25) is 19.2 Å². The first-order valence-electron chi connectivity index (χ1n) is 14.9. The number of nitrogens with one attached hydrogen (secondary N) is 1. The number of allylic oxidation sites excluding steroid dienone is 4. The molecular formula is C33H46N2O8. The SMILES string of the molecule is CO[C@H]1/C=C\C=C(/C)C(=O)NC2=CC(=O)C(N3CCCC3)=C(C[C@@H](C)C[C@H](OC)[C@H](O)[C@@H](C)/C=C(\C)[C@@H]1OC(C)=O)C2=O. The first-order chi connectivity index (χ1) is 20.4. The second-order valence-corrected chi connectivity index (χ2v) is 11.8. The Hall–Kier alpha value is -3.34. The van der Waals surface area contributed by atoms with Crippen molar-refractivity contribution in [3.63, 3.8) is 0 Å². The fourth-order valence-corrected chi connectivity index (χ4v) is 5.91. The highest BCUT2D eigenvalue weighted by molar-refractivity contribution is 6.23. The first-order valence-corrected chi connectivity index (χ1v) is 14.9. The number of Topliss-reactive ketones (excluding diaryl/α,β-unsaturated/α-hetero) is 1. The maximum Gasteiger partial charge on any atom is 0.303 e. The van der Waals surface area contributed by atoms with Crippen LogP contribution in [0.5, 0.6) is 0 Å². The summed E-state index contributed by atoms with van der Waals surface area (Å²) in [6.45, 7) is 9.90. The van der Waals surface area contributed by atoms with Crippen molar-refractivity contribution in [3.05, 3.63) is 58.5 Å². The van der Waals surface area contributed by atoms with Crippen LogP contribution >= 0.6 is 0 Å². The lowest BCUT2D eigenvalue weighted by Crippen LogP contribution is -2.38. The lowest BCUT2D eigenvalue weighted by molar-refractivity contribution is -0.149. The molecule has 2 aliphatic heterocycles. The van der Waals surface area contributed by atoms with Gasteiger partial charge in [-0.2, -0.15) is 0 Å². The monoisotopic (exact) mass is 598 g/mol. The fourth-order valence-electron chi connectivity index (χ4n) is 5.91. The molecule has 0 aromatic heterocycles. The van der Waals surface area contributed by atoms with E-state index in [4.69, 9.17) is 14.2 Å². The molecule has 1 amide bonds. The molecular weight excluding hydrogens is 552 g/mol. The van der Waals surface area contributed by atoms with Crippen LogP contribution in [-0.2, 0) is 33.4 Å². The molecule has 1 saturated heterocycles. The Morgan fingerprint density at radius 3 is 2.35 bits per heavy atom. The Morgan fingerprint density at radius 2 is 1.74 bits per heavy atom. The zero-order valence-corrected chi connectivity index (χ0v) is 26.3. The number of aliphatic hydroxyl groups excluding tert-OH is 1. The number of ketones is 2. The van der Waals surface area contributed by atoms with Crippen LogP contribution in [0.4, 0.5) is 0 Å². The van der Waals surface area contributed by atoms with Gasteiger partial charge in [0.15, 0.2) is 6.10 Å². The minimum atomic E-state index is -0.907. The Morgan fingerprint density at radius 1 is 1.07 bits per heavy atom. The van der Waals surface area contributed by atoms with Crippen molar-refractivity contribution in [3.8, 4) is 0 Å². The molecule has 1 aliphatic carbocycles. The molecule has 3 aliphatic rings. The van der Waals surface area contributed by atoms with E-state index < -0.39 is 36.3 Å². The second kappa shape index (κ2) is 15.4. The molecule has 10 nitrogen and oxygen atoms in total. The molecule has 1 fully saturated rings. The van der Waals surface area contributed by atoms with Gasteiger partial charge in [0, 0.05) is 57.4 Å². The number of aliphatic hydroxyl groups is 1. The first kappa shape index (κ1) is 34.2. The second-order valence-electron chi connectivity index (χ2n) is 11.8. The number of hydrogen-bond acceptors (Lipinski definition) is 9. The highest BCUT2D eigenvalue weighted by Gasteiger charge is 2.35. The summed E-state index contributed by atoms with van der Waals surface area (Å²) >= 11 is 0. The zero-order chi connectivity index (χ0) is 31.8. The summed E-state index contributed by atoms with van der Waals surface area (Å²) in [5, 5.41) is 14.0. The van der Waals surface area contributed by atoms with Crippen LogP contribution in [0.1, 0.15) is 60.3 Å². The Bertz CT molecular complexity index is 1240. The number of esters is 1. The number of hydrogen-bond donors (Lipinski definition) is 2. The van der Waals surface area contributed by atoms with Crippen LogP contribution < -0.4 is 5.32 Å². The van der Waals surface area contributed by atoms with E-state index in [0.29, 0.717) is 41.9 Å². The number of likely N-dealkylation sites (tertiary alicyclic amines) is 1. The van der Waals surface area contributed by atoms with Gasteiger partial charge in [0.25, 0.3) is 5.91 Å². The number of carbonyl (C=O) groups excluding carboxylic acids is 4. The molecule has 0 spiro atoms. The maximum atomic E-state index is 13.8. The van der Waals surface area contributed by atoms with E-state index in [0.717, 1.165) is 12.8 Å². The van der Waals surface area contributed by atoms with Crippen molar-refractivity contribution >= 4 is 23.4 Å². The Kier molecular flexibility index (Phi) is 12.2. The van der Waals surface area contributed by atoms with Crippen molar-refractivity contribution in [2.24, 2.45) is 11.8 Å². The minimum absolute atomic E-state index is 0.0590. The van der Waals surface area contributed by atoms with Crippen molar-refractivity contribution in [2.45, 2.75) is 84.7 Å². The molecule has 0 saturated carbocycles. The van der Waals surface area contributed by atoms with Gasteiger partial charge in [0.05, 0.1) is 23.6 Å². The van der Waals surface area contributed by atoms with Gasteiger partial charge in [0.2, 0.25) is 11.6 Å². The topological polar surface area (TPSA) is 131 Å². The molecule has 2 heterocycles. The Labute approximate surface area is 254 Å². The number of carbonyl (C=O) groups is 4. The third-order valence-electron chi connectivity index (χ3n) is 8.24. The van der Waals surface area contributed by atoms with Crippen molar-refractivity contribution in [1.29, 1.82) is 0 Å². The highest BCUT2D eigenvalue weighted by Crippen LogP contribution is 2.32. The smallest absolute Gasteiger partial charge is 0.303 e. The van der Waals surface area contributed by atoms with E-state index in [9.17, 15) is 24.3 Å². The van der Waals surface area contributed by atoms with Crippen LogP contribution in [0, 0.1) is 11.8 Å². The predicted octanol–water partition coefficient (Wildman–Crippen LogP) is 3.33. The lowest BCUT2D eigenvalue weighted by Gasteiger charge is -2.31. The summed E-state index contributed by atoms with van der Waals surface area (Å²) in [7, 11) is 3.01. The average molecular weight is 599 g/mol. The number of fused-ring (bicyclic) bond motifs is 2. The zero-order valence-electron chi connectivity index (χ0n) is 26.3. The van der Waals surface area contributed by atoms with Gasteiger partial charge >= 0.3 is 5.97 Å². The van der Waals surface area contributed by atoms with Crippen molar-refractivity contribution < 1.29 is 38.5 Å². The summed E-state index contributed by atoms with van der Waals surface area (Å²) < 4.78 is 16.9. The van der Waals surface area contributed by atoms with E-state index in [-0.39, 0.29) is 35.5 Å². The van der Waals surface area contributed by atoms with Gasteiger partial charge in [0.1, 0.15) is 6.10 Å². The number of rotatable bonds is 4. The van der Waals surface area contributed by atoms with Crippen LogP contribution in [0.3, 0.4) is 0 Å². The molecule has 236 valence electrons. The summed E-state index contributed by atoms with van der Waals surface area (Å²) in [6, 6.07) is 0. The average Bonchev–Trinajstić information content (AvgIpc) is 3.48. The van der Waals surface area contributed by atoms with E-state index in [1.807, 2.05) is 24.8 Å². The number of methoxy groups -OCH3 is 2. The molecule has 0 aromatic carbocycles. The van der Waals surface area contributed by atoms with Gasteiger partial charge in [-0.25, -0.2) is 0 Å². The molecule has 0 radical (unpaired) electrons. The Balaban J connectivity index is 2.08. The minimum Gasteiger partial charge on any atom is -0.455 e. The van der Waals surface area contributed by atoms with E-state index in [2.05, 4.69) is 5.32 Å². The van der Waals surface area contributed by atoms with Gasteiger partial charge < -0.3 is 29.5 Å². The van der Waals surface area contributed by atoms with Crippen LogP contribution in [0.15, 0.2) is 58.5 Å². The molecule has 0 unspecified atom stereocenters. The van der Waals surface area contributed by atoms with Gasteiger partial charge in [-0.1, -0.05) is 38.2 Å². The lowest BCUT2D eigenvalue weighted by atomic mass is 9.85. The molecule has 2 bridgehead atoms. The number of nitrogens with zero attached hydrogens (tertiary/aromatic N) is 1. The summed E-state index contributed by atoms with van der Waals surface area (Å²) in [4.78, 5) is 54.2. The van der Waals surface area contributed by atoms with Gasteiger partial charge in [-0.15, -0.1) is 0 Å². The third kappa shape index (κ3) is 8.61. The van der Waals surface area contributed by atoms with Crippen LogP contribution in [0.25, 0.3) is 0 Å². The summed E-state index contributed by atoms with van der Waals surface area (Å²) in [6.07, 6.45) is 7.50. The van der Waals surface area contributed by atoms with Crippen LogP contribution in [0.2, 0.25) is 0 Å². The predicted molar refractivity (Wildman–Crippen MR) is 161 cm³/mol. The molecule has 0 aromatic rings. The quantitative estimate of drug-likeness (QED) is 0.284. The fraction of sp³-hybridized carbons (Fsp3) is 0.576. The summed E-state index contributed by atoms with van der Waals surface area (Å²) in [5.74, 6) is -2.22. The molecule has 3 rings (SSSR count). The van der Waals surface area contributed by atoms with E-state index >= 15 is 0 Å². The maximum absolute atomic E-state index is 13.8. The van der Waals surface area contributed by atoms with Crippen molar-refractivity contribution in [1.82, 2.24) is 10.2 Å². The molecule has 10 heteroatoms. The summed E-state index contributed by atoms with van der Waals surface area (Å²) in [5.41, 5.74) is 1.69.